The van der Waals surface area contributed by atoms with Gasteiger partial charge in [0.25, 0.3) is 0 Å². The number of aliphatic hydroxyl groups excluding tert-OH is 1. The van der Waals surface area contributed by atoms with Crippen LogP contribution in [0.3, 0.4) is 0 Å². The molecule has 0 aliphatic heterocycles. The van der Waals surface area contributed by atoms with E-state index in [0.717, 1.165) is 19.5 Å². The summed E-state index contributed by atoms with van der Waals surface area (Å²) in [4.78, 5) is 2.21. The molecule has 4 heteroatoms. The molecule has 1 aromatic carbocycles. The molecule has 0 aliphatic carbocycles. The number of benzene rings is 1. The van der Waals surface area contributed by atoms with Gasteiger partial charge in [0.1, 0.15) is 11.9 Å². The lowest BCUT2D eigenvalue weighted by Gasteiger charge is -2.42. The van der Waals surface area contributed by atoms with Gasteiger partial charge in [-0.05, 0) is 38.6 Å². The smallest absolute Gasteiger partial charge is 0.170 e. The number of para-hydroxylation sites is 1. The monoisotopic (exact) mass is 293 g/mol. The number of fused-ring (bicyclic) bond motifs is 1. The Morgan fingerprint density at radius 3 is 2.48 bits per heavy atom. The maximum Gasteiger partial charge on any atom is 0.170 e. The molecule has 0 radical (unpaired) electrons. The first-order chi connectivity index (χ1) is 9.97. The highest BCUT2D eigenvalue weighted by atomic mass is 19.1. The predicted molar refractivity (Wildman–Crippen MR) is 82.7 cm³/mol. The van der Waals surface area contributed by atoms with Crippen LogP contribution < -0.4 is 0 Å². The fraction of sp³-hybridized carbons (Fsp3) is 0.529. The minimum Gasteiger partial charge on any atom is -0.455 e. The molecule has 0 fully saturated rings. The lowest BCUT2D eigenvalue weighted by atomic mass is 9.87. The van der Waals surface area contributed by atoms with Crippen molar-refractivity contribution in [2.75, 3.05) is 13.1 Å². The third kappa shape index (κ3) is 2.70. The quantitative estimate of drug-likeness (QED) is 0.870. The Balaban J connectivity index is 2.44. The Morgan fingerprint density at radius 1 is 1.29 bits per heavy atom. The minimum absolute atomic E-state index is 0.213. The van der Waals surface area contributed by atoms with Crippen molar-refractivity contribution in [2.45, 2.75) is 45.8 Å². The van der Waals surface area contributed by atoms with E-state index in [1.807, 2.05) is 13.8 Å². The second-order valence-electron chi connectivity index (χ2n) is 5.59. The van der Waals surface area contributed by atoms with Gasteiger partial charge in [-0.2, -0.15) is 0 Å². The predicted octanol–water partition coefficient (Wildman–Crippen LogP) is 4.12. The molecule has 2 unspecified atom stereocenters. The molecular formula is C17H24FNO2. The standard InChI is InChI=1S/C17H24FNO2/c1-5-17(4,19(6-2)7-3)16(20)14-11-12-9-8-10-13(18)15(12)21-14/h8-11,16,20H,5-7H2,1-4H3. The number of halogens is 1. The lowest BCUT2D eigenvalue weighted by Crippen LogP contribution is -2.50. The maximum absolute atomic E-state index is 13.7. The molecule has 0 saturated heterocycles. The van der Waals surface area contributed by atoms with E-state index in [9.17, 15) is 9.50 Å². The van der Waals surface area contributed by atoms with Gasteiger partial charge >= 0.3 is 0 Å². The summed E-state index contributed by atoms with van der Waals surface area (Å²) < 4.78 is 19.3. The second kappa shape index (κ2) is 6.16. The summed E-state index contributed by atoms with van der Waals surface area (Å²) in [6.45, 7) is 9.89. The normalized spacial score (nSPS) is 16.3. The van der Waals surface area contributed by atoms with Crippen molar-refractivity contribution in [3.8, 4) is 0 Å². The molecular weight excluding hydrogens is 269 g/mol. The zero-order chi connectivity index (χ0) is 15.6. The van der Waals surface area contributed by atoms with Crippen molar-refractivity contribution in [3.05, 3.63) is 35.8 Å². The molecule has 2 aromatic rings. The summed E-state index contributed by atoms with van der Waals surface area (Å²) in [6, 6.07) is 6.54. The van der Waals surface area contributed by atoms with Crippen molar-refractivity contribution < 1.29 is 13.9 Å². The SMILES string of the molecule is CCN(CC)C(C)(CC)C(O)c1cc2cccc(F)c2o1. The summed E-state index contributed by atoms with van der Waals surface area (Å²) in [5, 5.41) is 11.5. The maximum atomic E-state index is 13.7. The summed E-state index contributed by atoms with van der Waals surface area (Å²) in [5.74, 6) is 0.0262. The number of hydrogen-bond donors (Lipinski definition) is 1. The highest BCUT2D eigenvalue weighted by molar-refractivity contribution is 5.78. The summed E-state index contributed by atoms with van der Waals surface area (Å²) in [6.07, 6.45) is -0.0238. The van der Waals surface area contributed by atoms with Gasteiger partial charge in [-0.1, -0.05) is 32.9 Å². The average molecular weight is 293 g/mol. The molecule has 2 atom stereocenters. The van der Waals surface area contributed by atoms with E-state index < -0.39 is 17.5 Å². The summed E-state index contributed by atoms with van der Waals surface area (Å²) in [5.41, 5.74) is -0.224. The van der Waals surface area contributed by atoms with Gasteiger partial charge in [-0.15, -0.1) is 0 Å². The molecule has 21 heavy (non-hydrogen) atoms. The number of aliphatic hydroxyl groups is 1. The van der Waals surface area contributed by atoms with Crippen molar-refractivity contribution in [1.82, 2.24) is 4.90 Å². The molecule has 3 nitrogen and oxygen atoms in total. The van der Waals surface area contributed by atoms with Crippen molar-refractivity contribution in [3.63, 3.8) is 0 Å². The van der Waals surface area contributed by atoms with Crippen molar-refractivity contribution in [1.29, 1.82) is 0 Å². The first kappa shape index (κ1) is 16.0. The van der Waals surface area contributed by atoms with Crippen LogP contribution in [0.2, 0.25) is 0 Å². The Labute approximate surface area is 125 Å². The second-order valence-corrected chi connectivity index (χ2v) is 5.59. The zero-order valence-electron chi connectivity index (χ0n) is 13.2. The molecule has 0 saturated carbocycles. The topological polar surface area (TPSA) is 36.6 Å². The van der Waals surface area contributed by atoms with Gasteiger partial charge in [0, 0.05) is 5.39 Å². The van der Waals surface area contributed by atoms with Crippen LogP contribution >= 0.6 is 0 Å². The van der Waals surface area contributed by atoms with Crippen LogP contribution in [-0.2, 0) is 0 Å². The van der Waals surface area contributed by atoms with Crippen LogP contribution in [0.25, 0.3) is 11.0 Å². The van der Waals surface area contributed by atoms with Crippen LogP contribution in [0.15, 0.2) is 28.7 Å². The molecule has 0 spiro atoms. The summed E-state index contributed by atoms with van der Waals surface area (Å²) >= 11 is 0. The first-order valence-corrected chi connectivity index (χ1v) is 7.59. The Hall–Kier alpha value is -1.39. The molecule has 2 rings (SSSR count). The van der Waals surface area contributed by atoms with Crippen LogP contribution in [-0.4, -0.2) is 28.6 Å². The summed E-state index contributed by atoms with van der Waals surface area (Å²) in [7, 11) is 0. The highest BCUT2D eigenvalue weighted by Crippen LogP contribution is 2.36. The van der Waals surface area contributed by atoms with E-state index in [2.05, 4.69) is 18.7 Å². The van der Waals surface area contributed by atoms with Gasteiger partial charge in [0.15, 0.2) is 11.4 Å². The van der Waals surface area contributed by atoms with Crippen molar-refractivity contribution in [2.24, 2.45) is 0 Å². The van der Waals surface area contributed by atoms with Gasteiger partial charge in [0.05, 0.1) is 5.54 Å². The van der Waals surface area contributed by atoms with E-state index in [4.69, 9.17) is 4.42 Å². The number of hydrogen-bond acceptors (Lipinski definition) is 3. The Kier molecular flexibility index (Phi) is 4.69. The highest BCUT2D eigenvalue weighted by Gasteiger charge is 2.38. The largest absolute Gasteiger partial charge is 0.455 e. The Bertz CT molecular complexity index is 606. The molecule has 1 N–H and O–H groups in total. The fourth-order valence-electron chi connectivity index (χ4n) is 3.02. The van der Waals surface area contributed by atoms with Gasteiger partial charge in [-0.3, -0.25) is 4.90 Å². The van der Waals surface area contributed by atoms with Crippen LogP contribution in [0.1, 0.15) is 46.0 Å². The van der Waals surface area contributed by atoms with Crippen LogP contribution in [0.4, 0.5) is 4.39 Å². The molecule has 0 aliphatic rings. The number of rotatable bonds is 6. The molecule has 116 valence electrons. The van der Waals surface area contributed by atoms with E-state index in [1.165, 1.54) is 6.07 Å². The zero-order valence-corrected chi connectivity index (χ0v) is 13.2. The van der Waals surface area contributed by atoms with E-state index in [0.29, 0.717) is 11.1 Å². The third-order valence-corrected chi connectivity index (χ3v) is 4.58. The first-order valence-electron chi connectivity index (χ1n) is 7.59. The lowest BCUT2D eigenvalue weighted by molar-refractivity contribution is -0.0315. The number of likely N-dealkylation sites (N-methyl/N-ethyl adjacent to an activating group) is 1. The van der Waals surface area contributed by atoms with Gasteiger partial charge in [0.2, 0.25) is 0 Å². The minimum atomic E-state index is -0.797. The third-order valence-electron chi connectivity index (χ3n) is 4.58. The van der Waals surface area contributed by atoms with E-state index >= 15 is 0 Å². The van der Waals surface area contributed by atoms with Crippen LogP contribution in [0, 0.1) is 5.82 Å². The number of furan rings is 1. The van der Waals surface area contributed by atoms with Gasteiger partial charge in [-0.25, -0.2) is 4.39 Å². The van der Waals surface area contributed by atoms with E-state index in [-0.39, 0.29) is 5.58 Å². The molecule has 1 heterocycles. The molecule has 0 bridgehead atoms. The molecule has 1 aromatic heterocycles. The molecule has 0 amide bonds. The Morgan fingerprint density at radius 2 is 1.95 bits per heavy atom. The van der Waals surface area contributed by atoms with Gasteiger partial charge < -0.3 is 9.52 Å². The average Bonchev–Trinajstić information content (AvgIpc) is 2.92. The van der Waals surface area contributed by atoms with Crippen molar-refractivity contribution >= 4 is 11.0 Å². The fourth-order valence-corrected chi connectivity index (χ4v) is 3.02. The number of nitrogens with zero attached hydrogens (tertiary/aromatic N) is 1. The van der Waals surface area contributed by atoms with Crippen LogP contribution in [0.5, 0.6) is 0 Å². The van der Waals surface area contributed by atoms with E-state index in [1.54, 1.807) is 18.2 Å².